The Morgan fingerprint density at radius 1 is 1.23 bits per heavy atom. The second-order valence-corrected chi connectivity index (χ2v) is 5.97. The highest BCUT2D eigenvalue weighted by Crippen LogP contribution is 2.29. The van der Waals surface area contributed by atoms with Gasteiger partial charge in [-0.25, -0.2) is 9.97 Å². The van der Waals surface area contributed by atoms with Gasteiger partial charge in [-0.05, 0) is 18.6 Å². The number of carbonyl (C=O) groups excluding carboxylic acids is 1. The van der Waals surface area contributed by atoms with Gasteiger partial charge in [0.25, 0.3) is 0 Å². The van der Waals surface area contributed by atoms with Gasteiger partial charge >= 0.3 is 0 Å². The van der Waals surface area contributed by atoms with Crippen molar-refractivity contribution in [2.75, 3.05) is 6.54 Å². The van der Waals surface area contributed by atoms with Crippen LogP contribution < -0.4 is 0 Å². The lowest BCUT2D eigenvalue weighted by Gasteiger charge is -2.28. The number of hydrogen-bond acceptors (Lipinski definition) is 4. The number of carbonyl (C=O) groups is 1. The lowest BCUT2D eigenvalue weighted by Crippen LogP contribution is -2.36. The maximum Gasteiger partial charge on any atom is 0.246 e. The molecule has 1 aliphatic heterocycles. The molecule has 0 saturated heterocycles. The molecule has 0 aliphatic carbocycles. The third-order valence-corrected chi connectivity index (χ3v) is 4.28. The molecule has 132 valence electrons. The molecule has 6 heteroatoms. The monoisotopic (exact) mass is 347 g/mol. The van der Waals surface area contributed by atoms with E-state index in [9.17, 15) is 4.79 Å². The van der Waals surface area contributed by atoms with Gasteiger partial charge in [-0.3, -0.25) is 9.48 Å². The minimum absolute atomic E-state index is 0.0965. The summed E-state index contributed by atoms with van der Waals surface area (Å²) in [5, 5.41) is 4.50. The molecular formula is C20H21N5O. The van der Waals surface area contributed by atoms with E-state index in [2.05, 4.69) is 24.8 Å². The van der Waals surface area contributed by atoms with E-state index >= 15 is 0 Å². The van der Waals surface area contributed by atoms with Crippen molar-refractivity contribution in [2.24, 2.45) is 7.05 Å². The fraction of sp³-hybridized carbons (Fsp3) is 0.200. The number of amides is 1. The highest BCUT2D eigenvalue weighted by molar-refractivity contribution is 5.87. The van der Waals surface area contributed by atoms with Gasteiger partial charge in [-0.1, -0.05) is 38.0 Å². The molecule has 2 aromatic heterocycles. The van der Waals surface area contributed by atoms with Gasteiger partial charge in [0.05, 0.1) is 17.9 Å². The summed E-state index contributed by atoms with van der Waals surface area (Å²) in [7, 11) is 1.87. The lowest BCUT2D eigenvalue weighted by molar-refractivity contribution is -0.126. The molecule has 0 fully saturated rings. The van der Waals surface area contributed by atoms with Crippen LogP contribution in [0, 0.1) is 0 Å². The number of allylic oxidation sites excluding steroid dienone is 4. The summed E-state index contributed by atoms with van der Waals surface area (Å²) in [6, 6.07) is 1.93. The van der Waals surface area contributed by atoms with E-state index < -0.39 is 0 Å². The smallest absolute Gasteiger partial charge is 0.246 e. The summed E-state index contributed by atoms with van der Waals surface area (Å²) < 4.78 is 1.74. The van der Waals surface area contributed by atoms with E-state index in [0.29, 0.717) is 25.3 Å². The first-order valence-electron chi connectivity index (χ1n) is 8.34. The fourth-order valence-corrected chi connectivity index (χ4v) is 2.99. The topological polar surface area (TPSA) is 63.9 Å². The first-order chi connectivity index (χ1) is 12.6. The highest BCUT2D eigenvalue weighted by atomic mass is 16.2. The zero-order chi connectivity index (χ0) is 18.7. The molecule has 0 aromatic carbocycles. The van der Waals surface area contributed by atoms with Crippen molar-refractivity contribution in [2.45, 2.75) is 13.0 Å². The van der Waals surface area contributed by atoms with Crippen molar-refractivity contribution in [1.82, 2.24) is 24.6 Å². The van der Waals surface area contributed by atoms with Crippen LogP contribution in [0.4, 0.5) is 0 Å². The first kappa shape index (κ1) is 17.5. The van der Waals surface area contributed by atoms with Gasteiger partial charge in [0.1, 0.15) is 5.69 Å². The zero-order valence-electron chi connectivity index (χ0n) is 14.9. The average Bonchev–Trinajstić information content (AvgIpc) is 3.10. The normalized spacial score (nSPS) is 13.9. The SMILES string of the molecule is C=C/C=C(\C=C)c1nc2c(c(-c3ccn(C)n3)n1)CCN(C(=O)C=C)C2. The molecule has 0 radical (unpaired) electrons. The number of aromatic nitrogens is 4. The third-order valence-electron chi connectivity index (χ3n) is 4.28. The Morgan fingerprint density at radius 2 is 2.04 bits per heavy atom. The van der Waals surface area contributed by atoms with Gasteiger partial charge in [0.2, 0.25) is 5.91 Å². The van der Waals surface area contributed by atoms with Crippen molar-refractivity contribution < 1.29 is 4.79 Å². The number of nitrogens with zero attached hydrogens (tertiary/aromatic N) is 5. The molecule has 1 amide bonds. The molecule has 0 N–H and O–H groups in total. The molecule has 1 aliphatic rings. The van der Waals surface area contributed by atoms with E-state index in [-0.39, 0.29) is 5.91 Å². The Balaban J connectivity index is 2.16. The molecule has 0 atom stereocenters. The second kappa shape index (κ2) is 7.31. The molecular weight excluding hydrogens is 326 g/mol. The summed E-state index contributed by atoms with van der Waals surface area (Å²) >= 11 is 0. The summed E-state index contributed by atoms with van der Waals surface area (Å²) in [5.41, 5.74) is 4.22. The zero-order valence-corrected chi connectivity index (χ0v) is 14.9. The van der Waals surface area contributed by atoms with Crippen LogP contribution in [0.5, 0.6) is 0 Å². The van der Waals surface area contributed by atoms with E-state index in [1.807, 2.05) is 25.4 Å². The van der Waals surface area contributed by atoms with Crippen LogP contribution in [0.1, 0.15) is 17.1 Å². The molecule has 0 bridgehead atoms. The predicted molar refractivity (Wildman–Crippen MR) is 102 cm³/mol. The molecule has 26 heavy (non-hydrogen) atoms. The van der Waals surface area contributed by atoms with E-state index in [0.717, 1.165) is 28.2 Å². The van der Waals surface area contributed by atoms with Crippen LogP contribution in [0.15, 0.2) is 56.3 Å². The maximum absolute atomic E-state index is 12.0. The van der Waals surface area contributed by atoms with Crippen LogP contribution >= 0.6 is 0 Å². The fourth-order valence-electron chi connectivity index (χ4n) is 2.99. The Morgan fingerprint density at radius 3 is 2.65 bits per heavy atom. The molecule has 0 saturated carbocycles. The summed E-state index contributed by atoms with van der Waals surface area (Å²) in [4.78, 5) is 23.2. The van der Waals surface area contributed by atoms with Crippen LogP contribution in [-0.4, -0.2) is 37.1 Å². The van der Waals surface area contributed by atoms with Gasteiger partial charge in [0.15, 0.2) is 5.82 Å². The number of hydrogen-bond donors (Lipinski definition) is 0. The Kier molecular flexibility index (Phi) is 4.93. The molecule has 2 aromatic rings. The van der Waals surface area contributed by atoms with E-state index in [1.165, 1.54) is 6.08 Å². The molecule has 6 nitrogen and oxygen atoms in total. The first-order valence-corrected chi connectivity index (χ1v) is 8.34. The molecule has 0 unspecified atom stereocenters. The summed E-state index contributed by atoms with van der Waals surface area (Å²) in [5.74, 6) is 0.452. The van der Waals surface area contributed by atoms with Crippen molar-refractivity contribution in [1.29, 1.82) is 0 Å². The number of aryl methyl sites for hydroxylation is 1. The Bertz CT molecular complexity index is 922. The van der Waals surface area contributed by atoms with Crippen LogP contribution in [0.3, 0.4) is 0 Å². The van der Waals surface area contributed by atoms with Crippen LogP contribution in [0.2, 0.25) is 0 Å². The maximum atomic E-state index is 12.0. The van der Waals surface area contributed by atoms with Gasteiger partial charge < -0.3 is 4.90 Å². The van der Waals surface area contributed by atoms with Crippen LogP contribution in [0.25, 0.3) is 17.0 Å². The molecule has 0 spiro atoms. The standard InChI is InChI=1S/C20H21N5O/c1-5-8-14(6-2)20-21-17-13-25(18(26)7-3)12-9-15(17)19(22-20)16-10-11-24(4)23-16/h5-8,10-11H,1-3,9,12-13H2,4H3/b14-8+. The largest absolute Gasteiger partial charge is 0.333 e. The van der Waals surface area contributed by atoms with E-state index in [4.69, 9.17) is 9.97 Å². The number of fused-ring (bicyclic) bond motifs is 1. The highest BCUT2D eigenvalue weighted by Gasteiger charge is 2.25. The quantitative estimate of drug-likeness (QED) is 0.616. The van der Waals surface area contributed by atoms with Crippen molar-refractivity contribution in [3.63, 3.8) is 0 Å². The third kappa shape index (κ3) is 3.26. The van der Waals surface area contributed by atoms with Crippen molar-refractivity contribution in [3.05, 3.63) is 73.4 Å². The number of rotatable bonds is 5. The summed E-state index contributed by atoms with van der Waals surface area (Å²) in [6.07, 6.45) is 9.07. The molecule has 3 rings (SSSR count). The summed E-state index contributed by atoms with van der Waals surface area (Å²) in [6.45, 7) is 12.2. The second-order valence-electron chi connectivity index (χ2n) is 5.97. The van der Waals surface area contributed by atoms with Gasteiger partial charge in [0, 0.05) is 30.9 Å². The minimum Gasteiger partial charge on any atom is -0.333 e. The van der Waals surface area contributed by atoms with Gasteiger partial charge in [-0.2, -0.15) is 5.10 Å². The van der Waals surface area contributed by atoms with Crippen molar-refractivity contribution >= 4 is 11.5 Å². The van der Waals surface area contributed by atoms with E-state index in [1.54, 1.807) is 21.7 Å². The molecule has 3 heterocycles. The minimum atomic E-state index is -0.0965. The average molecular weight is 347 g/mol. The lowest BCUT2D eigenvalue weighted by atomic mass is 10.00. The van der Waals surface area contributed by atoms with Crippen LogP contribution in [-0.2, 0) is 24.8 Å². The Hall–Kier alpha value is -3.28. The van der Waals surface area contributed by atoms with Crippen molar-refractivity contribution in [3.8, 4) is 11.4 Å². The Labute approximate surface area is 152 Å². The van der Waals surface area contributed by atoms with Gasteiger partial charge in [-0.15, -0.1) is 0 Å². The predicted octanol–water partition coefficient (Wildman–Crippen LogP) is 2.70.